The van der Waals surface area contributed by atoms with Gasteiger partial charge in [0.15, 0.2) is 0 Å². The molecule has 1 aromatic rings. The topological polar surface area (TPSA) is 68.0 Å². The smallest absolute Gasteiger partial charge is 0.220 e. The zero-order chi connectivity index (χ0) is 9.97. The Bertz CT molecular complexity index is 331. The molecule has 14 heavy (non-hydrogen) atoms. The molecule has 5 nitrogen and oxygen atoms in total. The Kier molecular flexibility index (Phi) is 2.47. The Balaban J connectivity index is 1.73. The molecule has 1 aliphatic rings. The summed E-state index contributed by atoms with van der Waals surface area (Å²) in [6, 6.07) is 0.423. The van der Waals surface area contributed by atoms with Crippen LogP contribution in [-0.2, 0) is 11.2 Å². The molecule has 0 unspecified atom stereocenters. The molecule has 0 bridgehead atoms. The highest BCUT2D eigenvalue weighted by Crippen LogP contribution is 2.18. The summed E-state index contributed by atoms with van der Waals surface area (Å²) in [5.74, 6) is 1.15. The summed E-state index contributed by atoms with van der Waals surface area (Å²) in [5, 5.41) is 10.4. The quantitative estimate of drug-likeness (QED) is 0.763. The monoisotopic (exact) mass is 195 g/mol. The minimum atomic E-state index is 0.0725. The van der Waals surface area contributed by atoms with Gasteiger partial charge >= 0.3 is 0 Å². The van der Waals surface area contributed by atoms with Crippen molar-refractivity contribution < 1.29 is 9.21 Å². The van der Waals surface area contributed by atoms with E-state index in [1.807, 2.05) is 0 Å². The molecule has 0 spiro atoms. The molecule has 76 valence electrons. The van der Waals surface area contributed by atoms with Crippen molar-refractivity contribution in [2.24, 2.45) is 0 Å². The van der Waals surface area contributed by atoms with Crippen LogP contribution in [0.4, 0.5) is 0 Å². The van der Waals surface area contributed by atoms with Crippen LogP contribution < -0.4 is 5.32 Å². The summed E-state index contributed by atoms with van der Waals surface area (Å²) in [6.07, 6.45) is 3.19. The highest BCUT2D eigenvalue weighted by Gasteiger charge is 2.23. The molecular formula is C9H13N3O2. The molecule has 1 amide bonds. The molecule has 1 heterocycles. The molecule has 0 saturated heterocycles. The van der Waals surface area contributed by atoms with Crippen LogP contribution in [0.2, 0.25) is 0 Å². The second kappa shape index (κ2) is 3.77. The average Bonchev–Trinajstić information content (AvgIpc) is 2.85. The Morgan fingerprint density at radius 3 is 2.93 bits per heavy atom. The SMILES string of the molecule is Cc1nnc(CCC(=O)NC2CC2)o1. The molecule has 1 aliphatic carbocycles. The van der Waals surface area contributed by atoms with Crippen molar-refractivity contribution in [3.63, 3.8) is 0 Å². The number of nitrogens with zero attached hydrogens (tertiary/aromatic N) is 2. The van der Waals surface area contributed by atoms with Gasteiger partial charge in [0, 0.05) is 25.8 Å². The predicted molar refractivity (Wildman–Crippen MR) is 48.5 cm³/mol. The lowest BCUT2D eigenvalue weighted by atomic mass is 10.3. The number of hydrogen-bond donors (Lipinski definition) is 1. The molecule has 0 aromatic carbocycles. The summed E-state index contributed by atoms with van der Waals surface area (Å²) in [7, 11) is 0. The zero-order valence-electron chi connectivity index (χ0n) is 8.12. The predicted octanol–water partition coefficient (Wildman–Crippen LogP) is 0.589. The number of aryl methyl sites for hydroxylation is 2. The van der Waals surface area contributed by atoms with Gasteiger partial charge in [-0.1, -0.05) is 0 Å². The third-order valence-corrected chi connectivity index (χ3v) is 2.08. The van der Waals surface area contributed by atoms with Gasteiger partial charge in [-0.25, -0.2) is 0 Å². The first-order valence-corrected chi connectivity index (χ1v) is 4.82. The highest BCUT2D eigenvalue weighted by molar-refractivity contribution is 5.76. The van der Waals surface area contributed by atoms with Crippen LogP contribution in [0.1, 0.15) is 31.0 Å². The molecule has 2 rings (SSSR count). The molecular weight excluding hydrogens is 182 g/mol. The fraction of sp³-hybridized carbons (Fsp3) is 0.667. The van der Waals surface area contributed by atoms with Gasteiger partial charge in [-0.2, -0.15) is 0 Å². The number of amides is 1. The Labute approximate surface area is 81.9 Å². The first-order chi connectivity index (χ1) is 6.74. The van der Waals surface area contributed by atoms with Gasteiger partial charge in [0.1, 0.15) is 0 Å². The van der Waals surface area contributed by atoms with Gasteiger partial charge in [0.25, 0.3) is 0 Å². The first kappa shape index (κ1) is 9.18. The summed E-state index contributed by atoms with van der Waals surface area (Å²) < 4.78 is 5.15. The standard InChI is InChI=1S/C9H13N3O2/c1-6-11-12-9(14-6)5-4-8(13)10-7-2-3-7/h7H,2-5H2,1H3,(H,10,13). The third-order valence-electron chi connectivity index (χ3n) is 2.08. The van der Waals surface area contributed by atoms with Crippen LogP contribution in [0.25, 0.3) is 0 Å². The molecule has 1 saturated carbocycles. The van der Waals surface area contributed by atoms with Crippen LogP contribution >= 0.6 is 0 Å². The second-order valence-corrected chi connectivity index (χ2v) is 3.56. The molecule has 0 radical (unpaired) electrons. The summed E-state index contributed by atoms with van der Waals surface area (Å²) >= 11 is 0. The number of carbonyl (C=O) groups is 1. The second-order valence-electron chi connectivity index (χ2n) is 3.56. The lowest BCUT2D eigenvalue weighted by Crippen LogP contribution is -2.25. The Morgan fingerprint density at radius 1 is 1.57 bits per heavy atom. The molecule has 5 heteroatoms. The maximum atomic E-state index is 11.3. The largest absolute Gasteiger partial charge is 0.426 e. The summed E-state index contributed by atoms with van der Waals surface area (Å²) in [4.78, 5) is 11.3. The number of rotatable bonds is 4. The molecule has 0 aliphatic heterocycles. The molecule has 1 aromatic heterocycles. The third kappa shape index (κ3) is 2.55. The van der Waals surface area contributed by atoms with E-state index in [4.69, 9.17) is 4.42 Å². The minimum Gasteiger partial charge on any atom is -0.426 e. The summed E-state index contributed by atoms with van der Waals surface area (Å²) in [5.41, 5.74) is 0. The minimum absolute atomic E-state index is 0.0725. The number of aromatic nitrogens is 2. The lowest BCUT2D eigenvalue weighted by molar-refractivity contribution is -0.121. The van der Waals surface area contributed by atoms with E-state index in [2.05, 4.69) is 15.5 Å². The van der Waals surface area contributed by atoms with Crippen molar-refractivity contribution in [2.75, 3.05) is 0 Å². The first-order valence-electron chi connectivity index (χ1n) is 4.82. The highest BCUT2D eigenvalue weighted by atomic mass is 16.4. The summed E-state index contributed by atoms with van der Waals surface area (Å²) in [6.45, 7) is 1.74. The normalized spacial score (nSPS) is 15.5. The van der Waals surface area contributed by atoms with E-state index in [0.717, 1.165) is 12.8 Å². The number of nitrogens with one attached hydrogen (secondary N) is 1. The zero-order valence-corrected chi connectivity index (χ0v) is 8.12. The Morgan fingerprint density at radius 2 is 2.36 bits per heavy atom. The van der Waals surface area contributed by atoms with Gasteiger partial charge in [-0.05, 0) is 12.8 Å². The maximum Gasteiger partial charge on any atom is 0.220 e. The number of hydrogen-bond acceptors (Lipinski definition) is 4. The van der Waals surface area contributed by atoms with Crippen LogP contribution in [0.3, 0.4) is 0 Å². The van der Waals surface area contributed by atoms with Crippen molar-refractivity contribution in [1.29, 1.82) is 0 Å². The van der Waals surface area contributed by atoms with Crippen LogP contribution in [0, 0.1) is 6.92 Å². The molecule has 1 fully saturated rings. The Hall–Kier alpha value is -1.39. The van der Waals surface area contributed by atoms with Gasteiger partial charge < -0.3 is 9.73 Å². The van der Waals surface area contributed by atoms with E-state index in [-0.39, 0.29) is 5.91 Å². The van der Waals surface area contributed by atoms with Crippen molar-refractivity contribution in [2.45, 2.75) is 38.6 Å². The van der Waals surface area contributed by atoms with E-state index in [9.17, 15) is 4.79 Å². The van der Waals surface area contributed by atoms with Gasteiger partial charge in [0.2, 0.25) is 17.7 Å². The maximum absolute atomic E-state index is 11.3. The fourth-order valence-electron chi connectivity index (χ4n) is 1.19. The van der Waals surface area contributed by atoms with Crippen LogP contribution in [-0.4, -0.2) is 22.1 Å². The van der Waals surface area contributed by atoms with E-state index in [0.29, 0.717) is 30.7 Å². The van der Waals surface area contributed by atoms with Crippen molar-refractivity contribution in [3.8, 4) is 0 Å². The number of carbonyl (C=O) groups excluding carboxylic acids is 1. The fourth-order valence-corrected chi connectivity index (χ4v) is 1.19. The van der Waals surface area contributed by atoms with E-state index in [1.165, 1.54) is 0 Å². The average molecular weight is 195 g/mol. The lowest BCUT2D eigenvalue weighted by Gasteiger charge is -1.99. The van der Waals surface area contributed by atoms with E-state index >= 15 is 0 Å². The van der Waals surface area contributed by atoms with E-state index in [1.54, 1.807) is 6.92 Å². The molecule has 0 atom stereocenters. The molecule has 1 N–H and O–H groups in total. The van der Waals surface area contributed by atoms with Crippen LogP contribution in [0.15, 0.2) is 4.42 Å². The van der Waals surface area contributed by atoms with Crippen LogP contribution in [0.5, 0.6) is 0 Å². The van der Waals surface area contributed by atoms with Crippen molar-refractivity contribution >= 4 is 5.91 Å². The van der Waals surface area contributed by atoms with Crippen molar-refractivity contribution in [3.05, 3.63) is 11.8 Å². The van der Waals surface area contributed by atoms with Gasteiger partial charge in [-0.15, -0.1) is 10.2 Å². The van der Waals surface area contributed by atoms with E-state index < -0.39 is 0 Å². The van der Waals surface area contributed by atoms with Gasteiger partial charge in [-0.3, -0.25) is 4.79 Å². The van der Waals surface area contributed by atoms with Crippen molar-refractivity contribution in [1.82, 2.24) is 15.5 Å². The van der Waals surface area contributed by atoms with Gasteiger partial charge in [0.05, 0.1) is 0 Å².